The molecule has 1 aliphatic heterocycles. The van der Waals surface area contributed by atoms with Crippen LogP contribution in [0.4, 0.5) is 0 Å². The van der Waals surface area contributed by atoms with E-state index in [4.69, 9.17) is 18.9 Å². The Morgan fingerprint density at radius 3 is 2.62 bits per heavy atom. The molecule has 0 spiro atoms. The summed E-state index contributed by atoms with van der Waals surface area (Å²) in [6, 6.07) is 9.36. The van der Waals surface area contributed by atoms with E-state index < -0.39 is 0 Å². The summed E-state index contributed by atoms with van der Waals surface area (Å²) in [4.78, 5) is 12.9. The predicted octanol–water partition coefficient (Wildman–Crippen LogP) is 3.87. The Morgan fingerprint density at radius 1 is 1.17 bits per heavy atom. The van der Waals surface area contributed by atoms with Gasteiger partial charge >= 0.3 is 0 Å². The normalized spacial score (nSPS) is 12.4. The molecule has 0 radical (unpaired) electrons. The summed E-state index contributed by atoms with van der Waals surface area (Å²) in [5.41, 5.74) is 2.13. The van der Waals surface area contributed by atoms with Crippen molar-refractivity contribution < 1.29 is 23.7 Å². The van der Waals surface area contributed by atoms with E-state index in [1.807, 2.05) is 24.3 Å². The maximum absolute atomic E-state index is 12.9. The summed E-state index contributed by atoms with van der Waals surface area (Å²) in [5, 5.41) is 3.03. The molecule has 29 heavy (non-hydrogen) atoms. The average Bonchev–Trinajstić information content (AvgIpc) is 3.19. The number of hydrogen-bond donors (Lipinski definition) is 1. The minimum absolute atomic E-state index is 0.176. The number of fused-ring (bicyclic) bond motifs is 1. The molecule has 1 aliphatic rings. The Balaban J connectivity index is 1.77. The van der Waals surface area contributed by atoms with E-state index in [1.54, 1.807) is 26.4 Å². The van der Waals surface area contributed by atoms with Gasteiger partial charge in [0, 0.05) is 23.1 Å². The summed E-state index contributed by atoms with van der Waals surface area (Å²) in [6.45, 7) is 8.61. The van der Waals surface area contributed by atoms with Crippen molar-refractivity contribution in [3.05, 3.63) is 59.7 Å². The molecule has 1 amide bonds. The molecule has 1 heterocycles. The standard InChI is InChI=1S/C23H27NO5/c1-6-7-15-10-16(11-20(26-4)21(15)27-5)22(25)24-13-23(2,3)17-8-9-18-19(12-17)29-14-28-18/h6,8-12H,1,7,13-14H2,2-5H3,(H,24,25). The van der Waals surface area contributed by atoms with Gasteiger partial charge < -0.3 is 24.3 Å². The molecule has 0 aromatic heterocycles. The number of amides is 1. The number of carbonyl (C=O) groups excluding carboxylic acids is 1. The van der Waals surface area contributed by atoms with Gasteiger partial charge in [-0.25, -0.2) is 0 Å². The number of hydrogen-bond acceptors (Lipinski definition) is 5. The molecule has 0 atom stereocenters. The molecular weight excluding hydrogens is 370 g/mol. The fourth-order valence-electron chi connectivity index (χ4n) is 3.30. The van der Waals surface area contributed by atoms with Gasteiger partial charge in [0.2, 0.25) is 6.79 Å². The second-order valence-corrected chi connectivity index (χ2v) is 7.50. The summed E-state index contributed by atoms with van der Waals surface area (Å²) >= 11 is 0. The second kappa shape index (κ2) is 8.47. The van der Waals surface area contributed by atoms with Crippen molar-refractivity contribution in [3.8, 4) is 23.0 Å². The molecule has 0 bridgehead atoms. The van der Waals surface area contributed by atoms with Crippen LogP contribution in [0.25, 0.3) is 0 Å². The lowest BCUT2D eigenvalue weighted by atomic mass is 9.84. The molecule has 3 rings (SSSR count). The molecule has 0 unspecified atom stereocenters. The van der Waals surface area contributed by atoms with E-state index in [9.17, 15) is 4.79 Å². The highest BCUT2D eigenvalue weighted by Crippen LogP contribution is 2.36. The first-order chi connectivity index (χ1) is 13.9. The largest absolute Gasteiger partial charge is 0.493 e. The van der Waals surface area contributed by atoms with Crippen molar-refractivity contribution >= 4 is 5.91 Å². The molecule has 6 heteroatoms. The van der Waals surface area contributed by atoms with Crippen LogP contribution in [0.2, 0.25) is 0 Å². The van der Waals surface area contributed by atoms with Gasteiger partial charge in [0.25, 0.3) is 5.91 Å². The van der Waals surface area contributed by atoms with E-state index in [0.29, 0.717) is 30.0 Å². The van der Waals surface area contributed by atoms with Crippen LogP contribution in [0.3, 0.4) is 0 Å². The summed E-state index contributed by atoms with van der Waals surface area (Å²) in [6.07, 6.45) is 2.34. The van der Waals surface area contributed by atoms with Gasteiger partial charge in [0.15, 0.2) is 23.0 Å². The molecule has 2 aromatic rings. The highest BCUT2D eigenvalue weighted by Gasteiger charge is 2.25. The van der Waals surface area contributed by atoms with Crippen LogP contribution in [0.5, 0.6) is 23.0 Å². The average molecular weight is 397 g/mol. The topological polar surface area (TPSA) is 66.0 Å². The third kappa shape index (κ3) is 4.31. The molecule has 154 valence electrons. The van der Waals surface area contributed by atoms with Gasteiger partial charge in [0.05, 0.1) is 14.2 Å². The Labute approximate surface area is 171 Å². The maximum Gasteiger partial charge on any atom is 0.251 e. The molecular formula is C23H27NO5. The fraction of sp³-hybridized carbons (Fsp3) is 0.348. The summed E-state index contributed by atoms with van der Waals surface area (Å²) in [5.74, 6) is 2.44. The minimum Gasteiger partial charge on any atom is -0.493 e. The molecule has 0 fully saturated rings. The first-order valence-corrected chi connectivity index (χ1v) is 9.43. The van der Waals surface area contributed by atoms with E-state index in [0.717, 1.165) is 22.6 Å². The molecule has 1 N–H and O–H groups in total. The minimum atomic E-state index is -0.295. The SMILES string of the molecule is C=CCc1cc(C(=O)NCC(C)(C)c2ccc3c(c2)OCO3)cc(OC)c1OC. The zero-order chi connectivity index (χ0) is 21.0. The van der Waals surface area contributed by atoms with Crippen LogP contribution in [0.15, 0.2) is 43.0 Å². The van der Waals surface area contributed by atoms with Crippen LogP contribution in [-0.2, 0) is 11.8 Å². The van der Waals surface area contributed by atoms with E-state index in [2.05, 4.69) is 25.7 Å². The van der Waals surface area contributed by atoms with Crippen LogP contribution >= 0.6 is 0 Å². The Bertz CT molecular complexity index is 920. The van der Waals surface area contributed by atoms with Crippen molar-refractivity contribution in [2.75, 3.05) is 27.6 Å². The molecule has 0 aliphatic carbocycles. The van der Waals surface area contributed by atoms with Crippen LogP contribution in [0, 0.1) is 0 Å². The first-order valence-electron chi connectivity index (χ1n) is 9.43. The van der Waals surface area contributed by atoms with Crippen molar-refractivity contribution in [1.82, 2.24) is 5.32 Å². The van der Waals surface area contributed by atoms with Crippen molar-refractivity contribution in [2.45, 2.75) is 25.7 Å². The number of methoxy groups -OCH3 is 2. The predicted molar refractivity (Wildman–Crippen MR) is 111 cm³/mol. The second-order valence-electron chi connectivity index (χ2n) is 7.50. The van der Waals surface area contributed by atoms with Crippen LogP contribution in [-0.4, -0.2) is 33.5 Å². The van der Waals surface area contributed by atoms with E-state index >= 15 is 0 Å². The quantitative estimate of drug-likeness (QED) is 0.685. The zero-order valence-corrected chi connectivity index (χ0v) is 17.3. The summed E-state index contributed by atoms with van der Waals surface area (Å²) < 4.78 is 21.7. The third-order valence-corrected chi connectivity index (χ3v) is 5.03. The Hall–Kier alpha value is -3.15. The lowest BCUT2D eigenvalue weighted by Crippen LogP contribution is -2.36. The lowest BCUT2D eigenvalue weighted by molar-refractivity contribution is 0.0945. The number of ether oxygens (including phenoxy) is 4. The highest BCUT2D eigenvalue weighted by atomic mass is 16.7. The third-order valence-electron chi connectivity index (χ3n) is 5.03. The first kappa shape index (κ1) is 20.6. The number of nitrogens with one attached hydrogen (secondary N) is 1. The molecule has 2 aromatic carbocycles. The molecule has 6 nitrogen and oxygen atoms in total. The molecule has 0 saturated heterocycles. The van der Waals surface area contributed by atoms with E-state index in [1.165, 1.54) is 0 Å². The number of rotatable bonds is 8. The van der Waals surface area contributed by atoms with Crippen LogP contribution < -0.4 is 24.3 Å². The summed E-state index contributed by atoms with van der Waals surface area (Å²) in [7, 11) is 3.14. The van der Waals surface area contributed by atoms with E-state index in [-0.39, 0.29) is 18.1 Å². The smallest absolute Gasteiger partial charge is 0.251 e. The van der Waals surface area contributed by atoms with Crippen molar-refractivity contribution in [1.29, 1.82) is 0 Å². The van der Waals surface area contributed by atoms with Gasteiger partial charge in [-0.2, -0.15) is 0 Å². The fourth-order valence-corrected chi connectivity index (χ4v) is 3.30. The molecule has 0 saturated carbocycles. The maximum atomic E-state index is 12.9. The van der Waals surface area contributed by atoms with Crippen molar-refractivity contribution in [3.63, 3.8) is 0 Å². The Morgan fingerprint density at radius 2 is 1.93 bits per heavy atom. The number of carbonyl (C=O) groups is 1. The van der Waals surface area contributed by atoms with Gasteiger partial charge in [-0.15, -0.1) is 6.58 Å². The lowest BCUT2D eigenvalue weighted by Gasteiger charge is -2.26. The van der Waals surface area contributed by atoms with Crippen LogP contribution in [0.1, 0.15) is 35.3 Å². The number of benzene rings is 2. The van der Waals surface area contributed by atoms with Gasteiger partial charge in [0.1, 0.15) is 0 Å². The zero-order valence-electron chi connectivity index (χ0n) is 17.3. The van der Waals surface area contributed by atoms with Gasteiger partial charge in [-0.1, -0.05) is 26.0 Å². The van der Waals surface area contributed by atoms with Crippen molar-refractivity contribution in [2.24, 2.45) is 0 Å². The van der Waals surface area contributed by atoms with Gasteiger partial charge in [-0.05, 0) is 36.2 Å². The monoisotopic (exact) mass is 397 g/mol. The number of allylic oxidation sites excluding steroid dienone is 1. The Kier molecular flexibility index (Phi) is 6.01. The van der Waals surface area contributed by atoms with Gasteiger partial charge in [-0.3, -0.25) is 4.79 Å². The highest BCUT2D eigenvalue weighted by molar-refractivity contribution is 5.95.